The Kier molecular flexibility index (Phi) is 4.37. The second-order valence-corrected chi connectivity index (χ2v) is 10.2. The average molecular weight is 427 g/mol. The minimum absolute atomic E-state index is 0.0281. The molecule has 4 aliphatic rings. The molecule has 28 heavy (non-hydrogen) atoms. The van der Waals surface area contributed by atoms with Crippen molar-refractivity contribution in [3.63, 3.8) is 0 Å². The molecule has 0 amide bonds. The molecule has 2 saturated carbocycles. The second-order valence-electron chi connectivity index (χ2n) is 9.35. The highest BCUT2D eigenvalue weighted by Gasteiger charge is 2.74. The molecule has 8 atom stereocenters. The molecule has 6 heteroatoms. The zero-order valence-corrected chi connectivity index (χ0v) is 17.7. The SMILES string of the molecule is C[C@H]1C[C@H]2[C@@H]3C=CC4=CC(=O)C=C[C@]4(C)[C@@]3(Cl)[C@@H](F)C[C@]2(C)[C@@]1(O)C(=O)CCl. The molecule has 0 unspecified atom stereocenters. The number of fused-ring (bicyclic) bond motifs is 5. The summed E-state index contributed by atoms with van der Waals surface area (Å²) in [6, 6.07) is 0. The molecule has 4 rings (SSSR count). The first-order chi connectivity index (χ1) is 13.0. The van der Waals surface area contributed by atoms with Crippen LogP contribution in [0.15, 0.2) is 36.0 Å². The Bertz CT molecular complexity index is 851. The van der Waals surface area contributed by atoms with Crippen molar-refractivity contribution in [2.75, 3.05) is 5.88 Å². The third-order valence-corrected chi connectivity index (χ3v) is 9.42. The van der Waals surface area contributed by atoms with Crippen molar-refractivity contribution in [2.24, 2.45) is 28.6 Å². The minimum atomic E-state index is -1.68. The summed E-state index contributed by atoms with van der Waals surface area (Å²) in [6.07, 6.45) is 7.48. The maximum atomic E-state index is 16.0. The van der Waals surface area contributed by atoms with Gasteiger partial charge in [-0.15, -0.1) is 23.2 Å². The number of carbonyl (C=O) groups is 2. The molecule has 0 aliphatic heterocycles. The van der Waals surface area contributed by atoms with Crippen molar-refractivity contribution >= 4 is 34.8 Å². The Labute approximate surface area is 174 Å². The fourth-order valence-electron chi connectivity index (χ4n) is 6.64. The lowest BCUT2D eigenvalue weighted by Crippen LogP contribution is -2.67. The van der Waals surface area contributed by atoms with Crippen LogP contribution in [-0.4, -0.2) is 39.2 Å². The molecule has 1 N–H and O–H groups in total. The van der Waals surface area contributed by atoms with Crippen molar-refractivity contribution in [3.05, 3.63) is 36.0 Å². The van der Waals surface area contributed by atoms with E-state index in [4.69, 9.17) is 23.2 Å². The summed E-state index contributed by atoms with van der Waals surface area (Å²) in [4.78, 5) is 23.2. The van der Waals surface area contributed by atoms with E-state index in [9.17, 15) is 14.7 Å². The number of ketones is 2. The third kappa shape index (κ3) is 2.10. The van der Waals surface area contributed by atoms with Gasteiger partial charge < -0.3 is 5.11 Å². The number of rotatable bonds is 2. The van der Waals surface area contributed by atoms with Crippen LogP contribution in [0.4, 0.5) is 4.39 Å². The van der Waals surface area contributed by atoms with E-state index >= 15 is 4.39 Å². The van der Waals surface area contributed by atoms with E-state index in [2.05, 4.69) is 0 Å². The Morgan fingerprint density at radius 2 is 2.04 bits per heavy atom. The number of halogens is 3. The third-order valence-electron chi connectivity index (χ3n) is 8.29. The molecule has 4 aliphatic carbocycles. The van der Waals surface area contributed by atoms with Gasteiger partial charge in [0.25, 0.3) is 0 Å². The zero-order valence-electron chi connectivity index (χ0n) is 16.2. The topological polar surface area (TPSA) is 54.4 Å². The Hall–Kier alpha value is -0.970. The fourth-order valence-corrected chi connectivity index (χ4v) is 7.32. The van der Waals surface area contributed by atoms with Crippen LogP contribution < -0.4 is 0 Å². The van der Waals surface area contributed by atoms with Gasteiger partial charge in [-0.2, -0.15) is 0 Å². The Morgan fingerprint density at radius 1 is 1.36 bits per heavy atom. The summed E-state index contributed by atoms with van der Waals surface area (Å²) in [7, 11) is 0. The summed E-state index contributed by atoms with van der Waals surface area (Å²) < 4.78 is 16.0. The number of Topliss-reactive ketones (excluding diaryl/α,β-unsaturated/α-hetero) is 1. The van der Waals surface area contributed by atoms with Crippen LogP contribution in [0.2, 0.25) is 0 Å². The molecular formula is C22H25Cl2FO3. The predicted octanol–water partition coefficient (Wildman–Crippen LogP) is 4.16. The number of hydrogen-bond donors (Lipinski definition) is 1. The first kappa shape index (κ1) is 20.3. The molecule has 0 aromatic heterocycles. The van der Waals surface area contributed by atoms with Crippen molar-refractivity contribution in [2.45, 2.75) is 50.3 Å². The van der Waals surface area contributed by atoms with Gasteiger partial charge in [0.15, 0.2) is 11.6 Å². The highest BCUT2D eigenvalue weighted by atomic mass is 35.5. The molecule has 0 aromatic rings. The van der Waals surface area contributed by atoms with Crippen LogP contribution in [0.1, 0.15) is 33.6 Å². The molecule has 0 radical (unpaired) electrons. The van der Waals surface area contributed by atoms with Crippen LogP contribution >= 0.6 is 23.2 Å². The maximum absolute atomic E-state index is 16.0. The molecule has 2 fully saturated rings. The summed E-state index contributed by atoms with van der Waals surface area (Å²) in [5.74, 6) is -1.80. The lowest BCUT2D eigenvalue weighted by molar-refractivity contribution is -0.165. The van der Waals surface area contributed by atoms with Crippen LogP contribution in [0.3, 0.4) is 0 Å². The molecule has 0 saturated heterocycles. The van der Waals surface area contributed by atoms with Gasteiger partial charge in [0.2, 0.25) is 0 Å². The largest absolute Gasteiger partial charge is 0.381 e. The van der Waals surface area contributed by atoms with Gasteiger partial charge in [0, 0.05) is 16.7 Å². The van der Waals surface area contributed by atoms with Crippen molar-refractivity contribution in [1.29, 1.82) is 0 Å². The van der Waals surface area contributed by atoms with Crippen LogP contribution in [-0.2, 0) is 9.59 Å². The summed E-state index contributed by atoms with van der Waals surface area (Å²) in [5.41, 5.74) is -2.78. The van der Waals surface area contributed by atoms with Crippen molar-refractivity contribution < 1.29 is 19.1 Å². The first-order valence-electron chi connectivity index (χ1n) is 9.75. The standard InChI is InChI=1S/C22H25Cl2FO3/c1-12-8-16-15-5-4-13-9-14(26)6-7-19(13,2)21(15,24)17(25)10-20(16,3)22(12,28)18(27)11-23/h4-7,9,12,15-17,28H,8,10-11H2,1-3H3/t12-,15-,16-,17-,19-,20-,21-,22-/m0/s1. The number of alkyl halides is 3. The van der Waals surface area contributed by atoms with Gasteiger partial charge in [0.05, 0.1) is 10.8 Å². The molecular weight excluding hydrogens is 402 g/mol. The zero-order chi connectivity index (χ0) is 20.7. The molecule has 152 valence electrons. The lowest BCUT2D eigenvalue weighted by Gasteiger charge is -2.61. The van der Waals surface area contributed by atoms with Gasteiger partial charge >= 0.3 is 0 Å². The normalized spacial score (nSPS) is 52.0. The van der Waals surface area contributed by atoms with Crippen LogP contribution in [0.5, 0.6) is 0 Å². The Balaban J connectivity index is 1.88. The molecule has 0 heterocycles. The fraction of sp³-hybridized carbons (Fsp3) is 0.636. The van der Waals surface area contributed by atoms with E-state index in [1.807, 2.05) is 26.0 Å². The summed E-state index contributed by atoms with van der Waals surface area (Å²) in [5, 5.41) is 11.5. The summed E-state index contributed by atoms with van der Waals surface area (Å²) >= 11 is 13.0. The molecule has 0 bridgehead atoms. The van der Waals surface area contributed by atoms with Crippen LogP contribution in [0, 0.1) is 28.6 Å². The first-order valence-corrected chi connectivity index (χ1v) is 10.7. The van der Waals surface area contributed by atoms with E-state index in [1.165, 1.54) is 12.2 Å². The molecule has 3 nitrogen and oxygen atoms in total. The second kappa shape index (κ2) is 6.02. The van der Waals surface area contributed by atoms with Gasteiger partial charge in [-0.25, -0.2) is 4.39 Å². The van der Waals surface area contributed by atoms with E-state index in [0.29, 0.717) is 12.0 Å². The number of hydrogen-bond acceptors (Lipinski definition) is 3. The molecule has 0 aromatic carbocycles. The van der Waals surface area contributed by atoms with E-state index < -0.39 is 33.3 Å². The lowest BCUT2D eigenvalue weighted by atomic mass is 9.47. The highest BCUT2D eigenvalue weighted by molar-refractivity contribution is 6.29. The predicted molar refractivity (Wildman–Crippen MR) is 107 cm³/mol. The van der Waals surface area contributed by atoms with E-state index in [1.54, 1.807) is 13.0 Å². The number of aliphatic hydroxyl groups is 1. The maximum Gasteiger partial charge on any atom is 0.179 e. The monoisotopic (exact) mass is 426 g/mol. The van der Waals surface area contributed by atoms with Crippen LogP contribution in [0.25, 0.3) is 0 Å². The van der Waals surface area contributed by atoms with Crippen molar-refractivity contribution in [1.82, 2.24) is 0 Å². The van der Waals surface area contributed by atoms with Gasteiger partial charge in [0.1, 0.15) is 11.8 Å². The quantitative estimate of drug-likeness (QED) is 0.674. The molecule has 0 spiro atoms. The van der Waals surface area contributed by atoms with Gasteiger partial charge in [-0.3, -0.25) is 9.59 Å². The highest BCUT2D eigenvalue weighted by Crippen LogP contribution is 2.70. The van der Waals surface area contributed by atoms with Crippen molar-refractivity contribution in [3.8, 4) is 0 Å². The van der Waals surface area contributed by atoms with E-state index in [0.717, 1.165) is 0 Å². The average Bonchev–Trinajstić information content (AvgIpc) is 2.84. The number of carbonyl (C=O) groups excluding carboxylic acids is 2. The van der Waals surface area contributed by atoms with Gasteiger partial charge in [-0.05, 0) is 42.4 Å². The Morgan fingerprint density at radius 3 is 2.68 bits per heavy atom. The van der Waals surface area contributed by atoms with Gasteiger partial charge in [-0.1, -0.05) is 39.0 Å². The van der Waals surface area contributed by atoms with E-state index in [-0.39, 0.29) is 35.8 Å². The summed E-state index contributed by atoms with van der Waals surface area (Å²) in [6.45, 7) is 5.50. The minimum Gasteiger partial charge on any atom is -0.381 e. The number of allylic oxidation sites excluding steroid dienone is 6. The smallest absolute Gasteiger partial charge is 0.179 e.